The molecule has 1 aliphatic rings. The first-order chi connectivity index (χ1) is 6.94. The summed E-state index contributed by atoms with van der Waals surface area (Å²) >= 11 is 5.28. The minimum Gasteiger partial charge on any atom is -0.372 e. The average Bonchev–Trinajstić information content (AvgIpc) is 2.16. The summed E-state index contributed by atoms with van der Waals surface area (Å²) in [6.45, 7) is 5.24. The van der Waals surface area contributed by atoms with Gasteiger partial charge in [0.15, 0.2) is 0 Å². The maximum absolute atomic E-state index is 11.5. The SMILES string of the molecule is CC1(C)CN(C(=O)NC(=O)CCl)CCO1. The van der Waals surface area contributed by atoms with Crippen molar-refractivity contribution < 1.29 is 14.3 Å². The van der Waals surface area contributed by atoms with Crippen LogP contribution >= 0.6 is 11.6 Å². The lowest BCUT2D eigenvalue weighted by atomic mass is 10.1. The maximum atomic E-state index is 11.5. The van der Waals surface area contributed by atoms with Crippen LogP contribution in [0.4, 0.5) is 4.79 Å². The largest absolute Gasteiger partial charge is 0.372 e. The summed E-state index contributed by atoms with van der Waals surface area (Å²) in [5.41, 5.74) is -0.362. The van der Waals surface area contributed by atoms with Crippen LogP contribution in [0.15, 0.2) is 0 Å². The van der Waals surface area contributed by atoms with Crippen LogP contribution in [0.25, 0.3) is 0 Å². The fraction of sp³-hybridized carbons (Fsp3) is 0.778. The smallest absolute Gasteiger partial charge is 0.324 e. The third-order valence-corrected chi connectivity index (χ3v) is 2.32. The van der Waals surface area contributed by atoms with Crippen molar-refractivity contribution in [2.75, 3.05) is 25.6 Å². The summed E-state index contributed by atoms with van der Waals surface area (Å²) in [5.74, 6) is -0.689. The van der Waals surface area contributed by atoms with Gasteiger partial charge in [0.25, 0.3) is 0 Å². The number of imide groups is 1. The Morgan fingerprint density at radius 3 is 2.73 bits per heavy atom. The second kappa shape index (κ2) is 4.81. The van der Waals surface area contributed by atoms with Gasteiger partial charge in [-0.2, -0.15) is 0 Å². The number of hydrogen-bond donors (Lipinski definition) is 1. The Kier molecular flexibility index (Phi) is 3.93. The van der Waals surface area contributed by atoms with E-state index in [1.165, 1.54) is 0 Å². The number of alkyl halides is 1. The highest BCUT2D eigenvalue weighted by Crippen LogP contribution is 2.16. The standard InChI is InChI=1S/C9H15ClN2O3/c1-9(2)6-12(3-4-15-9)8(14)11-7(13)5-10/h3-6H2,1-2H3,(H,11,13,14). The van der Waals surface area contributed by atoms with E-state index in [1.807, 2.05) is 13.8 Å². The molecule has 0 aromatic carbocycles. The monoisotopic (exact) mass is 234 g/mol. The Morgan fingerprint density at radius 1 is 1.53 bits per heavy atom. The highest BCUT2D eigenvalue weighted by Gasteiger charge is 2.30. The highest BCUT2D eigenvalue weighted by molar-refractivity contribution is 6.28. The predicted octanol–water partition coefficient (Wildman–Crippen LogP) is 0.572. The van der Waals surface area contributed by atoms with Crippen molar-refractivity contribution in [1.82, 2.24) is 10.2 Å². The van der Waals surface area contributed by atoms with E-state index < -0.39 is 11.9 Å². The number of ether oxygens (including phenoxy) is 1. The normalized spacial score (nSPS) is 19.8. The summed E-state index contributed by atoms with van der Waals surface area (Å²) in [5, 5.41) is 2.20. The zero-order valence-electron chi connectivity index (χ0n) is 8.88. The van der Waals surface area contributed by atoms with E-state index in [0.29, 0.717) is 19.7 Å². The average molecular weight is 235 g/mol. The van der Waals surface area contributed by atoms with Crippen molar-refractivity contribution in [2.45, 2.75) is 19.4 Å². The first kappa shape index (κ1) is 12.3. The zero-order chi connectivity index (χ0) is 11.5. The van der Waals surface area contributed by atoms with Crippen LogP contribution in [-0.2, 0) is 9.53 Å². The van der Waals surface area contributed by atoms with Crippen LogP contribution in [0, 0.1) is 0 Å². The van der Waals surface area contributed by atoms with Gasteiger partial charge in [0.2, 0.25) is 5.91 Å². The number of rotatable bonds is 1. The minimum absolute atomic E-state index is 0.209. The first-order valence-corrected chi connectivity index (χ1v) is 5.27. The number of morpholine rings is 1. The van der Waals surface area contributed by atoms with Crippen LogP contribution in [0.3, 0.4) is 0 Å². The summed E-state index contributed by atoms with van der Waals surface area (Å²) in [7, 11) is 0. The third kappa shape index (κ3) is 3.68. The van der Waals surface area contributed by atoms with Gasteiger partial charge in [0, 0.05) is 6.54 Å². The molecule has 1 heterocycles. The number of urea groups is 1. The quantitative estimate of drug-likeness (QED) is 0.675. The number of carbonyl (C=O) groups is 2. The Hall–Kier alpha value is -0.810. The predicted molar refractivity (Wildman–Crippen MR) is 55.9 cm³/mol. The van der Waals surface area contributed by atoms with E-state index in [4.69, 9.17) is 16.3 Å². The molecule has 0 spiro atoms. The lowest BCUT2D eigenvalue weighted by molar-refractivity contribution is -0.118. The van der Waals surface area contributed by atoms with Gasteiger partial charge in [-0.1, -0.05) is 0 Å². The number of carbonyl (C=O) groups excluding carboxylic acids is 2. The molecule has 0 aromatic rings. The molecule has 0 unspecified atom stereocenters. The van der Waals surface area contributed by atoms with Gasteiger partial charge >= 0.3 is 6.03 Å². The Bertz CT molecular complexity index is 268. The number of halogens is 1. The van der Waals surface area contributed by atoms with Gasteiger partial charge in [-0.3, -0.25) is 10.1 Å². The molecule has 1 saturated heterocycles. The topological polar surface area (TPSA) is 58.6 Å². The first-order valence-electron chi connectivity index (χ1n) is 4.73. The number of hydrogen-bond acceptors (Lipinski definition) is 3. The molecule has 3 amide bonds. The molecule has 1 rings (SSSR count). The van der Waals surface area contributed by atoms with Crippen LogP contribution < -0.4 is 5.32 Å². The van der Waals surface area contributed by atoms with Crippen molar-refractivity contribution >= 4 is 23.5 Å². The molecule has 0 atom stereocenters. The molecule has 0 radical (unpaired) electrons. The minimum atomic E-state index is -0.481. The van der Waals surface area contributed by atoms with E-state index in [1.54, 1.807) is 4.90 Å². The molecule has 5 nitrogen and oxygen atoms in total. The van der Waals surface area contributed by atoms with Gasteiger partial charge in [0.05, 0.1) is 18.8 Å². The van der Waals surface area contributed by atoms with Crippen molar-refractivity contribution in [3.8, 4) is 0 Å². The van der Waals surface area contributed by atoms with E-state index in [9.17, 15) is 9.59 Å². The summed E-state index contributed by atoms with van der Waals surface area (Å²) in [6.07, 6.45) is 0. The van der Waals surface area contributed by atoms with Crippen LogP contribution in [-0.4, -0.2) is 48.0 Å². The fourth-order valence-corrected chi connectivity index (χ4v) is 1.49. The maximum Gasteiger partial charge on any atom is 0.324 e. The number of nitrogens with one attached hydrogen (secondary N) is 1. The summed E-state index contributed by atoms with van der Waals surface area (Å²) in [6, 6.07) is -0.406. The molecule has 0 aromatic heterocycles. The molecule has 0 bridgehead atoms. The molecule has 6 heteroatoms. The van der Waals surface area contributed by atoms with Crippen molar-refractivity contribution in [2.24, 2.45) is 0 Å². The van der Waals surface area contributed by atoms with Crippen LogP contribution in [0.2, 0.25) is 0 Å². The van der Waals surface area contributed by atoms with Gasteiger partial charge in [-0.25, -0.2) is 4.79 Å². The second-order valence-electron chi connectivity index (χ2n) is 4.02. The van der Waals surface area contributed by atoms with E-state index in [-0.39, 0.29) is 11.5 Å². The zero-order valence-corrected chi connectivity index (χ0v) is 9.63. The van der Waals surface area contributed by atoms with Crippen LogP contribution in [0.5, 0.6) is 0 Å². The number of nitrogens with zero attached hydrogens (tertiary/aromatic N) is 1. The molecule has 1 fully saturated rings. The van der Waals surface area contributed by atoms with Gasteiger partial charge in [-0.05, 0) is 13.8 Å². The summed E-state index contributed by atoms with van der Waals surface area (Å²) in [4.78, 5) is 24.0. The van der Waals surface area contributed by atoms with E-state index in [0.717, 1.165) is 0 Å². The van der Waals surface area contributed by atoms with Gasteiger partial charge in [-0.15, -0.1) is 11.6 Å². The van der Waals surface area contributed by atoms with Crippen molar-refractivity contribution in [3.05, 3.63) is 0 Å². The second-order valence-corrected chi connectivity index (χ2v) is 4.28. The lowest BCUT2D eigenvalue weighted by Crippen LogP contribution is -2.54. The van der Waals surface area contributed by atoms with Gasteiger partial charge in [0.1, 0.15) is 5.88 Å². The number of amides is 3. The molecule has 86 valence electrons. The molecule has 1 N–H and O–H groups in total. The molecule has 0 saturated carbocycles. The van der Waals surface area contributed by atoms with Crippen LogP contribution in [0.1, 0.15) is 13.8 Å². The Labute approximate surface area is 93.7 Å². The Balaban J connectivity index is 2.49. The third-order valence-electron chi connectivity index (χ3n) is 2.08. The molecular weight excluding hydrogens is 220 g/mol. The summed E-state index contributed by atoms with van der Waals surface area (Å²) < 4.78 is 5.44. The molecular formula is C9H15ClN2O3. The molecule has 15 heavy (non-hydrogen) atoms. The molecule has 0 aliphatic carbocycles. The van der Waals surface area contributed by atoms with E-state index >= 15 is 0 Å². The molecule has 1 aliphatic heterocycles. The van der Waals surface area contributed by atoms with Gasteiger partial charge < -0.3 is 9.64 Å². The van der Waals surface area contributed by atoms with E-state index in [2.05, 4.69) is 5.32 Å². The lowest BCUT2D eigenvalue weighted by Gasteiger charge is -2.37. The highest BCUT2D eigenvalue weighted by atomic mass is 35.5. The van der Waals surface area contributed by atoms with Crippen molar-refractivity contribution in [3.63, 3.8) is 0 Å². The Morgan fingerprint density at radius 2 is 2.20 bits per heavy atom. The van der Waals surface area contributed by atoms with Crippen molar-refractivity contribution in [1.29, 1.82) is 0 Å². The fourth-order valence-electron chi connectivity index (χ4n) is 1.42.